The Morgan fingerprint density at radius 3 is 2.72 bits per heavy atom. The standard InChI is InChI=1S/C19H22FNO4/c1-21(11-14-6-7-18-19(10-14)24-9-8-23-18)12-15(22)13-25-17-5-3-2-4-16(17)20/h2-7,10,15,22H,8-9,11-13H2,1H3. The van der Waals surface area contributed by atoms with Crippen LogP contribution >= 0.6 is 0 Å². The number of aliphatic hydroxyl groups is 1. The number of hydrogen-bond donors (Lipinski definition) is 1. The quantitative estimate of drug-likeness (QED) is 0.834. The van der Waals surface area contributed by atoms with Crippen molar-refractivity contribution in [3.05, 3.63) is 53.8 Å². The number of rotatable bonds is 7. The summed E-state index contributed by atoms with van der Waals surface area (Å²) in [6.07, 6.45) is -0.721. The van der Waals surface area contributed by atoms with Crippen molar-refractivity contribution < 1.29 is 23.7 Å². The van der Waals surface area contributed by atoms with E-state index in [2.05, 4.69) is 0 Å². The predicted molar refractivity (Wildman–Crippen MR) is 91.7 cm³/mol. The third kappa shape index (κ3) is 4.84. The van der Waals surface area contributed by atoms with Gasteiger partial charge in [0, 0.05) is 13.1 Å². The van der Waals surface area contributed by atoms with E-state index < -0.39 is 11.9 Å². The average molecular weight is 347 g/mol. The molecule has 25 heavy (non-hydrogen) atoms. The smallest absolute Gasteiger partial charge is 0.165 e. The minimum atomic E-state index is -0.721. The maximum Gasteiger partial charge on any atom is 0.165 e. The lowest BCUT2D eigenvalue weighted by molar-refractivity contribution is 0.0728. The molecule has 0 bridgehead atoms. The summed E-state index contributed by atoms with van der Waals surface area (Å²) in [6, 6.07) is 12.0. The van der Waals surface area contributed by atoms with Crippen LogP contribution in [0.1, 0.15) is 5.56 Å². The monoisotopic (exact) mass is 347 g/mol. The molecule has 2 aromatic carbocycles. The molecule has 1 atom stereocenters. The number of nitrogens with zero attached hydrogens (tertiary/aromatic N) is 1. The number of halogens is 1. The zero-order valence-corrected chi connectivity index (χ0v) is 14.2. The SMILES string of the molecule is CN(Cc1ccc2c(c1)OCCO2)CC(O)COc1ccccc1F. The van der Waals surface area contributed by atoms with Gasteiger partial charge in [-0.1, -0.05) is 18.2 Å². The molecule has 0 amide bonds. The summed E-state index contributed by atoms with van der Waals surface area (Å²) in [4.78, 5) is 1.97. The zero-order chi connectivity index (χ0) is 17.6. The Hall–Kier alpha value is -2.31. The van der Waals surface area contributed by atoms with Gasteiger partial charge in [-0.25, -0.2) is 4.39 Å². The largest absolute Gasteiger partial charge is 0.488 e. The van der Waals surface area contributed by atoms with Crippen molar-refractivity contribution >= 4 is 0 Å². The minimum absolute atomic E-state index is 0.0341. The van der Waals surface area contributed by atoms with Crippen molar-refractivity contribution in [3.63, 3.8) is 0 Å². The molecule has 0 saturated heterocycles. The van der Waals surface area contributed by atoms with Gasteiger partial charge in [-0.05, 0) is 36.9 Å². The maximum atomic E-state index is 13.5. The van der Waals surface area contributed by atoms with E-state index in [1.54, 1.807) is 18.2 Å². The van der Waals surface area contributed by atoms with Gasteiger partial charge in [0.1, 0.15) is 25.9 Å². The van der Waals surface area contributed by atoms with Crippen LogP contribution in [0.3, 0.4) is 0 Å². The van der Waals surface area contributed by atoms with Gasteiger partial charge in [-0.2, -0.15) is 0 Å². The molecular formula is C19H22FNO4. The molecule has 1 aliphatic heterocycles. The van der Waals surface area contributed by atoms with Gasteiger partial charge in [0.05, 0.1) is 0 Å². The first kappa shape index (κ1) is 17.5. The van der Waals surface area contributed by atoms with Crippen LogP contribution in [-0.4, -0.2) is 49.5 Å². The molecule has 1 heterocycles. The number of aliphatic hydroxyl groups excluding tert-OH is 1. The van der Waals surface area contributed by atoms with Crippen molar-refractivity contribution in [3.8, 4) is 17.2 Å². The van der Waals surface area contributed by atoms with E-state index >= 15 is 0 Å². The lowest BCUT2D eigenvalue weighted by atomic mass is 10.2. The number of para-hydroxylation sites is 1. The van der Waals surface area contributed by atoms with Crippen LogP contribution in [0.4, 0.5) is 4.39 Å². The van der Waals surface area contributed by atoms with Crippen LogP contribution in [-0.2, 0) is 6.54 Å². The van der Waals surface area contributed by atoms with Crippen LogP contribution < -0.4 is 14.2 Å². The van der Waals surface area contributed by atoms with E-state index in [4.69, 9.17) is 14.2 Å². The molecule has 1 aliphatic rings. The number of benzene rings is 2. The molecule has 6 heteroatoms. The first-order valence-corrected chi connectivity index (χ1v) is 8.24. The fraction of sp³-hybridized carbons (Fsp3) is 0.368. The molecule has 134 valence electrons. The molecule has 1 N–H and O–H groups in total. The first-order chi connectivity index (χ1) is 12.1. The molecule has 3 rings (SSSR count). The second kappa shape index (κ2) is 8.18. The Bertz CT molecular complexity index is 710. The average Bonchev–Trinajstić information content (AvgIpc) is 2.61. The summed E-state index contributed by atoms with van der Waals surface area (Å²) in [5.41, 5.74) is 1.06. The molecule has 0 spiro atoms. The highest BCUT2D eigenvalue weighted by atomic mass is 19.1. The van der Waals surface area contributed by atoms with Crippen LogP contribution in [0.2, 0.25) is 0 Å². The van der Waals surface area contributed by atoms with E-state index in [9.17, 15) is 9.50 Å². The number of fused-ring (bicyclic) bond motifs is 1. The third-order valence-electron chi connectivity index (χ3n) is 3.85. The Kier molecular flexibility index (Phi) is 5.73. The van der Waals surface area contributed by atoms with Crippen molar-refractivity contribution in [2.75, 3.05) is 33.4 Å². The van der Waals surface area contributed by atoms with Crippen molar-refractivity contribution in [1.29, 1.82) is 0 Å². The van der Waals surface area contributed by atoms with E-state index in [0.29, 0.717) is 26.3 Å². The molecular weight excluding hydrogens is 325 g/mol. The highest BCUT2D eigenvalue weighted by Gasteiger charge is 2.14. The Labute approximate surface area is 146 Å². The van der Waals surface area contributed by atoms with Gasteiger partial charge >= 0.3 is 0 Å². The van der Waals surface area contributed by atoms with Gasteiger partial charge in [0.25, 0.3) is 0 Å². The molecule has 0 radical (unpaired) electrons. The van der Waals surface area contributed by atoms with E-state index in [1.165, 1.54) is 6.07 Å². The highest BCUT2D eigenvalue weighted by molar-refractivity contribution is 5.43. The van der Waals surface area contributed by atoms with Gasteiger partial charge in [-0.15, -0.1) is 0 Å². The molecule has 0 aromatic heterocycles. The first-order valence-electron chi connectivity index (χ1n) is 8.24. The summed E-state index contributed by atoms with van der Waals surface area (Å²) >= 11 is 0. The van der Waals surface area contributed by atoms with E-state index in [0.717, 1.165) is 17.1 Å². The van der Waals surface area contributed by atoms with Gasteiger partial charge in [-0.3, -0.25) is 4.90 Å². The summed E-state index contributed by atoms with van der Waals surface area (Å²) in [6.45, 7) is 2.21. The van der Waals surface area contributed by atoms with Gasteiger partial charge < -0.3 is 19.3 Å². The third-order valence-corrected chi connectivity index (χ3v) is 3.85. The molecule has 1 unspecified atom stereocenters. The maximum absolute atomic E-state index is 13.5. The topological polar surface area (TPSA) is 51.2 Å². The normalized spacial score (nSPS) is 14.4. The fourth-order valence-corrected chi connectivity index (χ4v) is 2.72. The van der Waals surface area contributed by atoms with Gasteiger partial charge in [0.15, 0.2) is 23.1 Å². The number of hydrogen-bond acceptors (Lipinski definition) is 5. The van der Waals surface area contributed by atoms with Crippen molar-refractivity contribution in [2.24, 2.45) is 0 Å². The predicted octanol–water partition coefficient (Wildman–Crippen LogP) is 2.47. The molecule has 0 aliphatic carbocycles. The highest BCUT2D eigenvalue weighted by Crippen LogP contribution is 2.31. The molecule has 2 aromatic rings. The minimum Gasteiger partial charge on any atom is -0.488 e. The van der Waals surface area contributed by atoms with Crippen LogP contribution in [0, 0.1) is 5.82 Å². The van der Waals surface area contributed by atoms with Crippen LogP contribution in [0.5, 0.6) is 17.2 Å². The Morgan fingerprint density at radius 1 is 1.16 bits per heavy atom. The van der Waals surface area contributed by atoms with Crippen LogP contribution in [0.15, 0.2) is 42.5 Å². The molecule has 0 fully saturated rings. The molecule has 5 nitrogen and oxygen atoms in total. The lowest BCUT2D eigenvalue weighted by Gasteiger charge is -2.23. The number of likely N-dealkylation sites (N-methyl/N-ethyl adjacent to an activating group) is 1. The van der Waals surface area contributed by atoms with Crippen molar-refractivity contribution in [2.45, 2.75) is 12.6 Å². The summed E-state index contributed by atoms with van der Waals surface area (Å²) < 4.78 is 29.9. The van der Waals surface area contributed by atoms with Crippen molar-refractivity contribution in [1.82, 2.24) is 4.90 Å². The van der Waals surface area contributed by atoms with Crippen LogP contribution in [0.25, 0.3) is 0 Å². The Balaban J connectivity index is 1.48. The lowest BCUT2D eigenvalue weighted by Crippen LogP contribution is -2.32. The fourth-order valence-electron chi connectivity index (χ4n) is 2.72. The summed E-state index contributed by atoms with van der Waals surface area (Å²) in [7, 11) is 1.91. The second-order valence-electron chi connectivity index (χ2n) is 6.07. The van der Waals surface area contributed by atoms with Gasteiger partial charge in [0.2, 0.25) is 0 Å². The second-order valence-corrected chi connectivity index (χ2v) is 6.07. The summed E-state index contributed by atoms with van der Waals surface area (Å²) in [5.74, 6) is 1.23. The summed E-state index contributed by atoms with van der Waals surface area (Å²) in [5, 5.41) is 10.1. The van der Waals surface area contributed by atoms with E-state index in [1.807, 2.05) is 30.1 Å². The number of ether oxygens (including phenoxy) is 3. The van der Waals surface area contributed by atoms with E-state index in [-0.39, 0.29) is 12.4 Å². The molecule has 0 saturated carbocycles. The Morgan fingerprint density at radius 2 is 1.92 bits per heavy atom. The zero-order valence-electron chi connectivity index (χ0n) is 14.2.